The molecule has 0 fully saturated rings. The minimum Gasteiger partial charge on any atom is -0.468 e. The van der Waals surface area contributed by atoms with Crippen LogP contribution in [0.4, 0.5) is 4.39 Å². The molecule has 1 aromatic rings. The molecule has 1 aromatic carbocycles. The van der Waals surface area contributed by atoms with E-state index in [9.17, 15) is 9.18 Å². The average molecular weight is 283 g/mol. The van der Waals surface area contributed by atoms with E-state index in [4.69, 9.17) is 4.74 Å². The van der Waals surface area contributed by atoms with Gasteiger partial charge in [-0.15, -0.1) is 11.8 Å². The van der Waals surface area contributed by atoms with Crippen LogP contribution < -0.4 is 5.32 Å². The van der Waals surface area contributed by atoms with Crippen LogP contribution in [0.25, 0.3) is 0 Å². The molecule has 0 aromatic heterocycles. The number of carbonyl (C=O) groups excluding carboxylic acids is 1. The van der Waals surface area contributed by atoms with Crippen molar-refractivity contribution in [3.63, 3.8) is 0 Å². The lowest BCUT2D eigenvalue weighted by Gasteiger charge is -2.33. The zero-order valence-electron chi connectivity index (χ0n) is 11.3. The number of rotatable bonds is 3. The summed E-state index contributed by atoms with van der Waals surface area (Å²) in [5.41, 5.74) is 0.138. The number of methoxy groups -OCH3 is 1. The molecule has 3 nitrogen and oxygen atoms in total. The Bertz CT molecular complexity index is 490. The quantitative estimate of drug-likeness (QED) is 0.866. The third kappa shape index (κ3) is 2.92. The minimum atomic E-state index is -0.787. The van der Waals surface area contributed by atoms with Gasteiger partial charge in [-0.1, -0.05) is 12.1 Å². The van der Waals surface area contributed by atoms with Crippen LogP contribution in [-0.2, 0) is 9.53 Å². The van der Waals surface area contributed by atoms with Gasteiger partial charge in [-0.3, -0.25) is 10.1 Å². The highest BCUT2D eigenvalue weighted by Gasteiger charge is 2.33. The van der Waals surface area contributed by atoms with E-state index in [0.29, 0.717) is 4.90 Å². The number of halogens is 1. The minimum absolute atomic E-state index is 0.0268. The maximum absolute atomic E-state index is 13.8. The van der Waals surface area contributed by atoms with Crippen LogP contribution >= 0.6 is 11.8 Å². The van der Waals surface area contributed by atoms with Crippen molar-refractivity contribution in [2.75, 3.05) is 12.9 Å². The Morgan fingerprint density at radius 2 is 2.26 bits per heavy atom. The van der Waals surface area contributed by atoms with Crippen LogP contribution in [0.15, 0.2) is 23.1 Å². The molecule has 0 bridgehead atoms. The topological polar surface area (TPSA) is 38.3 Å². The number of fused-ring (bicyclic) bond motifs is 1. The molecular formula is C14H18FNO2S. The summed E-state index contributed by atoms with van der Waals surface area (Å²) in [7, 11) is 1.37. The summed E-state index contributed by atoms with van der Waals surface area (Å²) in [6.45, 7) is 3.55. The van der Waals surface area contributed by atoms with Gasteiger partial charge in [-0.05, 0) is 37.7 Å². The van der Waals surface area contributed by atoms with Crippen LogP contribution in [0.5, 0.6) is 0 Å². The molecule has 5 heteroatoms. The maximum atomic E-state index is 13.8. The van der Waals surface area contributed by atoms with Crippen molar-refractivity contribution in [2.45, 2.75) is 36.7 Å². The van der Waals surface area contributed by atoms with Gasteiger partial charge in [0.1, 0.15) is 11.4 Å². The number of esters is 1. The maximum Gasteiger partial charge on any atom is 0.325 e. The van der Waals surface area contributed by atoms with E-state index in [-0.39, 0.29) is 17.8 Å². The van der Waals surface area contributed by atoms with Gasteiger partial charge in [0, 0.05) is 10.9 Å². The SMILES string of the molecule is COC(=O)C(C)(C)NC1CCSc2c(F)cccc21. The third-order valence-electron chi connectivity index (χ3n) is 3.26. The van der Waals surface area contributed by atoms with E-state index in [1.165, 1.54) is 24.9 Å². The molecule has 104 valence electrons. The summed E-state index contributed by atoms with van der Waals surface area (Å²) in [5.74, 6) is 0.330. The first-order chi connectivity index (χ1) is 8.95. The first kappa shape index (κ1) is 14.3. The van der Waals surface area contributed by atoms with Crippen molar-refractivity contribution in [2.24, 2.45) is 0 Å². The second-order valence-electron chi connectivity index (χ2n) is 5.11. The molecule has 0 saturated carbocycles. The van der Waals surface area contributed by atoms with E-state index in [2.05, 4.69) is 5.32 Å². The number of ether oxygens (including phenoxy) is 1. The zero-order chi connectivity index (χ0) is 14.0. The van der Waals surface area contributed by atoms with E-state index < -0.39 is 5.54 Å². The molecule has 0 saturated heterocycles. The molecule has 0 spiro atoms. The molecule has 1 unspecified atom stereocenters. The van der Waals surface area contributed by atoms with Crippen LogP contribution in [0, 0.1) is 5.82 Å². The van der Waals surface area contributed by atoms with Crippen molar-refractivity contribution in [1.29, 1.82) is 0 Å². The lowest BCUT2D eigenvalue weighted by Crippen LogP contribution is -2.49. The first-order valence-electron chi connectivity index (χ1n) is 6.23. The number of hydrogen-bond donors (Lipinski definition) is 1. The van der Waals surface area contributed by atoms with Crippen LogP contribution in [-0.4, -0.2) is 24.4 Å². The molecule has 19 heavy (non-hydrogen) atoms. The number of nitrogens with one attached hydrogen (secondary N) is 1. The van der Waals surface area contributed by atoms with Crippen molar-refractivity contribution in [3.05, 3.63) is 29.6 Å². The molecule has 1 heterocycles. The summed E-state index contributed by atoms with van der Waals surface area (Å²) in [4.78, 5) is 12.4. The second-order valence-corrected chi connectivity index (χ2v) is 6.21. The number of carbonyl (C=O) groups is 1. The van der Waals surface area contributed by atoms with Crippen LogP contribution in [0.2, 0.25) is 0 Å². The Balaban J connectivity index is 2.25. The summed E-state index contributed by atoms with van der Waals surface area (Å²) in [5, 5.41) is 3.27. The third-order valence-corrected chi connectivity index (χ3v) is 4.42. The highest BCUT2D eigenvalue weighted by atomic mass is 32.2. The highest BCUT2D eigenvalue weighted by molar-refractivity contribution is 7.99. The predicted octanol–water partition coefficient (Wildman–Crippen LogP) is 2.90. The van der Waals surface area contributed by atoms with Crippen molar-refractivity contribution >= 4 is 17.7 Å². The van der Waals surface area contributed by atoms with Crippen LogP contribution in [0.3, 0.4) is 0 Å². The van der Waals surface area contributed by atoms with Crippen molar-refractivity contribution in [3.8, 4) is 0 Å². The predicted molar refractivity (Wildman–Crippen MR) is 73.7 cm³/mol. The fourth-order valence-corrected chi connectivity index (χ4v) is 3.43. The Labute approximate surface area is 116 Å². The summed E-state index contributed by atoms with van der Waals surface area (Å²) in [6, 6.07) is 5.07. The number of hydrogen-bond acceptors (Lipinski definition) is 4. The van der Waals surface area contributed by atoms with E-state index in [1.54, 1.807) is 19.9 Å². The Morgan fingerprint density at radius 1 is 1.53 bits per heavy atom. The first-order valence-corrected chi connectivity index (χ1v) is 7.21. The fraction of sp³-hybridized carbons (Fsp3) is 0.500. The average Bonchev–Trinajstić information content (AvgIpc) is 2.38. The lowest BCUT2D eigenvalue weighted by molar-refractivity contribution is -0.147. The normalized spacial score (nSPS) is 18.8. The summed E-state index contributed by atoms with van der Waals surface area (Å²) in [6.07, 6.45) is 0.863. The number of benzene rings is 1. The summed E-state index contributed by atoms with van der Waals surface area (Å²) < 4.78 is 18.5. The lowest BCUT2D eigenvalue weighted by atomic mass is 9.98. The molecule has 0 amide bonds. The smallest absolute Gasteiger partial charge is 0.325 e. The molecule has 1 N–H and O–H groups in total. The monoisotopic (exact) mass is 283 g/mol. The summed E-state index contributed by atoms with van der Waals surface area (Å²) >= 11 is 1.53. The Kier molecular flexibility index (Phi) is 4.16. The van der Waals surface area contributed by atoms with Gasteiger partial charge < -0.3 is 4.74 Å². The second kappa shape index (κ2) is 5.51. The van der Waals surface area contributed by atoms with Gasteiger partial charge in [0.15, 0.2) is 0 Å². The van der Waals surface area contributed by atoms with Gasteiger partial charge in [0.05, 0.1) is 7.11 Å². The van der Waals surface area contributed by atoms with Gasteiger partial charge in [0.2, 0.25) is 0 Å². The van der Waals surface area contributed by atoms with E-state index >= 15 is 0 Å². The van der Waals surface area contributed by atoms with Gasteiger partial charge in [-0.2, -0.15) is 0 Å². The zero-order valence-corrected chi connectivity index (χ0v) is 12.1. The Morgan fingerprint density at radius 3 is 2.95 bits per heavy atom. The molecule has 2 rings (SSSR count). The molecule has 1 aliphatic heterocycles. The van der Waals surface area contributed by atoms with Gasteiger partial charge in [-0.25, -0.2) is 4.39 Å². The molecular weight excluding hydrogens is 265 g/mol. The van der Waals surface area contributed by atoms with E-state index in [1.807, 2.05) is 6.07 Å². The van der Waals surface area contributed by atoms with Gasteiger partial charge in [0.25, 0.3) is 0 Å². The standard InChI is InChI=1S/C14H18FNO2S/c1-14(2,13(17)18-3)16-11-7-8-19-12-9(11)5-4-6-10(12)15/h4-6,11,16H,7-8H2,1-3H3. The fourth-order valence-electron chi connectivity index (χ4n) is 2.29. The molecule has 0 aliphatic carbocycles. The number of thioether (sulfide) groups is 1. The molecule has 1 atom stereocenters. The molecule has 0 radical (unpaired) electrons. The van der Waals surface area contributed by atoms with Crippen molar-refractivity contribution in [1.82, 2.24) is 5.32 Å². The largest absolute Gasteiger partial charge is 0.468 e. The van der Waals surface area contributed by atoms with Crippen LogP contribution in [0.1, 0.15) is 31.9 Å². The van der Waals surface area contributed by atoms with Gasteiger partial charge >= 0.3 is 5.97 Å². The van der Waals surface area contributed by atoms with Crippen molar-refractivity contribution < 1.29 is 13.9 Å². The highest BCUT2D eigenvalue weighted by Crippen LogP contribution is 2.38. The Hall–Kier alpha value is -1.07. The van der Waals surface area contributed by atoms with E-state index in [0.717, 1.165) is 17.7 Å². The molecule has 1 aliphatic rings.